The lowest BCUT2D eigenvalue weighted by Crippen LogP contribution is -2.13. The Hall–Kier alpha value is -0.120. The van der Waals surface area contributed by atoms with Gasteiger partial charge in [-0.1, -0.05) is 32.3 Å². The summed E-state index contributed by atoms with van der Waals surface area (Å²) in [4.78, 5) is -0.392. The third-order valence-corrected chi connectivity index (χ3v) is 3.58. The van der Waals surface area contributed by atoms with Gasteiger partial charge in [0, 0.05) is 0 Å². The van der Waals surface area contributed by atoms with Crippen LogP contribution in [0.25, 0.3) is 0 Å². The third kappa shape index (κ3) is 4.49. The molecule has 1 saturated carbocycles. The van der Waals surface area contributed by atoms with Gasteiger partial charge in [0.05, 0.1) is 4.91 Å². The maximum atomic E-state index is 12.6. The molecule has 0 saturated heterocycles. The fourth-order valence-electron chi connectivity index (χ4n) is 1.89. The minimum absolute atomic E-state index is 0.148. The Morgan fingerprint density at radius 3 is 2.33 bits per heavy atom. The van der Waals surface area contributed by atoms with E-state index in [0.717, 1.165) is 37.4 Å². The summed E-state index contributed by atoms with van der Waals surface area (Å²) in [6.45, 7) is 1.76. The van der Waals surface area contributed by atoms with Crippen LogP contribution in [0.5, 0.6) is 0 Å². The first-order chi connectivity index (χ1) is 7.04. The number of allylic oxidation sites excluding steroid dienone is 2. The maximum absolute atomic E-state index is 12.6. The largest absolute Gasteiger partial charge is 0.421 e. The van der Waals surface area contributed by atoms with Crippen molar-refractivity contribution in [2.75, 3.05) is 5.75 Å². The highest BCUT2D eigenvalue weighted by Gasteiger charge is 2.34. The van der Waals surface area contributed by atoms with Gasteiger partial charge >= 0.3 is 6.18 Å². The molecule has 0 amide bonds. The van der Waals surface area contributed by atoms with E-state index in [4.69, 9.17) is 0 Å². The number of hydrogen-bond acceptors (Lipinski definition) is 1. The lowest BCUT2D eigenvalue weighted by molar-refractivity contribution is -0.0841. The molecule has 0 atom stereocenters. The number of thioether (sulfide) groups is 1. The molecule has 0 radical (unpaired) electrons. The third-order valence-electron chi connectivity index (χ3n) is 2.62. The van der Waals surface area contributed by atoms with Gasteiger partial charge in [-0.3, -0.25) is 0 Å². The van der Waals surface area contributed by atoms with Gasteiger partial charge in [0.2, 0.25) is 0 Å². The highest BCUT2D eigenvalue weighted by molar-refractivity contribution is 8.03. The molecule has 1 aliphatic rings. The van der Waals surface area contributed by atoms with E-state index in [2.05, 4.69) is 0 Å². The molecular weight excluding hydrogens is 221 g/mol. The Balaban J connectivity index is 2.64. The fraction of sp³-hybridized carbons (Fsp3) is 0.818. The van der Waals surface area contributed by atoms with Crippen molar-refractivity contribution in [2.24, 2.45) is 5.92 Å². The van der Waals surface area contributed by atoms with Crippen LogP contribution in [0.3, 0.4) is 0 Å². The predicted molar refractivity (Wildman–Crippen MR) is 58.8 cm³/mol. The van der Waals surface area contributed by atoms with Crippen molar-refractivity contribution >= 4 is 11.8 Å². The molecular formula is C11H17F3S. The number of alkyl halides is 3. The van der Waals surface area contributed by atoms with Crippen LogP contribution < -0.4 is 0 Å². The Labute approximate surface area is 93.3 Å². The number of rotatable bonds is 3. The monoisotopic (exact) mass is 238 g/mol. The van der Waals surface area contributed by atoms with Gasteiger partial charge in [-0.05, 0) is 24.5 Å². The van der Waals surface area contributed by atoms with E-state index in [0.29, 0.717) is 5.75 Å². The average molecular weight is 238 g/mol. The highest BCUT2D eigenvalue weighted by Crippen LogP contribution is 2.37. The first-order valence-electron chi connectivity index (χ1n) is 5.46. The Bertz CT molecular complexity index is 214. The maximum Gasteiger partial charge on any atom is 0.421 e. The molecule has 0 N–H and O–H groups in total. The zero-order chi connectivity index (χ0) is 11.3. The summed E-state index contributed by atoms with van der Waals surface area (Å²) in [6.07, 6.45) is 2.46. The minimum atomic E-state index is -4.15. The van der Waals surface area contributed by atoms with Crippen molar-refractivity contribution < 1.29 is 13.2 Å². The van der Waals surface area contributed by atoms with E-state index in [-0.39, 0.29) is 5.92 Å². The Morgan fingerprint density at radius 1 is 1.27 bits per heavy atom. The summed E-state index contributed by atoms with van der Waals surface area (Å²) in [7, 11) is 0. The van der Waals surface area contributed by atoms with Gasteiger partial charge in [0.15, 0.2) is 0 Å². The van der Waals surface area contributed by atoms with Crippen LogP contribution in [-0.4, -0.2) is 11.9 Å². The molecule has 4 heteroatoms. The van der Waals surface area contributed by atoms with Crippen LogP contribution >= 0.6 is 11.8 Å². The lowest BCUT2D eigenvalue weighted by Gasteiger charge is -2.20. The molecule has 0 aromatic heterocycles. The zero-order valence-corrected chi connectivity index (χ0v) is 9.76. The highest BCUT2D eigenvalue weighted by atomic mass is 32.2. The molecule has 0 aromatic carbocycles. The van der Waals surface area contributed by atoms with E-state index in [9.17, 15) is 13.2 Å². The van der Waals surface area contributed by atoms with Crippen molar-refractivity contribution in [1.82, 2.24) is 0 Å². The summed E-state index contributed by atoms with van der Waals surface area (Å²) in [5.41, 5.74) is 0. The van der Waals surface area contributed by atoms with E-state index in [1.165, 1.54) is 12.5 Å². The van der Waals surface area contributed by atoms with Gasteiger partial charge in [0.25, 0.3) is 0 Å². The molecule has 0 aliphatic heterocycles. The molecule has 1 fully saturated rings. The van der Waals surface area contributed by atoms with Gasteiger partial charge < -0.3 is 0 Å². The first-order valence-corrected chi connectivity index (χ1v) is 6.44. The molecule has 0 heterocycles. The minimum Gasteiger partial charge on any atom is -0.166 e. The topological polar surface area (TPSA) is 0 Å². The normalized spacial score (nSPS) is 20.7. The molecule has 15 heavy (non-hydrogen) atoms. The fourth-order valence-corrected chi connectivity index (χ4v) is 2.66. The SMILES string of the molecule is CCS/C(=C/C1CCCCC1)C(F)(F)F. The summed E-state index contributed by atoms with van der Waals surface area (Å²) < 4.78 is 37.7. The van der Waals surface area contributed by atoms with Crippen LogP contribution in [0.15, 0.2) is 11.0 Å². The molecule has 88 valence electrons. The first kappa shape index (κ1) is 12.9. The standard InChI is InChI=1S/C11H17F3S/c1-2-15-10(11(12,13)14)8-9-6-4-3-5-7-9/h8-9H,2-7H2,1H3/b10-8+. The smallest absolute Gasteiger partial charge is 0.166 e. The number of halogens is 3. The van der Waals surface area contributed by atoms with Crippen molar-refractivity contribution in [2.45, 2.75) is 45.2 Å². The van der Waals surface area contributed by atoms with Crippen LogP contribution in [0, 0.1) is 5.92 Å². The Morgan fingerprint density at radius 2 is 1.87 bits per heavy atom. The van der Waals surface area contributed by atoms with Gasteiger partial charge in [-0.2, -0.15) is 13.2 Å². The van der Waals surface area contributed by atoms with Gasteiger partial charge in [-0.25, -0.2) is 0 Å². The van der Waals surface area contributed by atoms with E-state index >= 15 is 0 Å². The average Bonchev–Trinajstić information content (AvgIpc) is 2.17. The molecule has 0 spiro atoms. The molecule has 1 aliphatic carbocycles. The summed E-state index contributed by atoms with van der Waals surface area (Å²) in [5, 5.41) is 0. The zero-order valence-electron chi connectivity index (χ0n) is 8.94. The van der Waals surface area contributed by atoms with Crippen LogP contribution in [0.2, 0.25) is 0 Å². The second kappa shape index (κ2) is 5.83. The van der Waals surface area contributed by atoms with Gasteiger partial charge in [0.1, 0.15) is 0 Å². The van der Waals surface area contributed by atoms with E-state index in [1.807, 2.05) is 0 Å². The quantitative estimate of drug-likeness (QED) is 0.682. The summed E-state index contributed by atoms with van der Waals surface area (Å²) in [5.74, 6) is 0.632. The lowest BCUT2D eigenvalue weighted by atomic mass is 9.89. The molecule has 0 unspecified atom stereocenters. The van der Waals surface area contributed by atoms with Crippen LogP contribution in [0.1, 0.15) is 39.0 Å². The van der Waals surface area contributed by atoms with Crippen molar-refractivity contribution in [3.8, 4) is 0 Å². The second-order valence-corrected chi connectivity index (χ2v) is 5.17. The van der Waals surface area contributed by atoms with Crippen LogP contribution in [0.4, 0.5) is 13.2 Å². The second-order valence-electron chi connectivity index (χ2n) is 3.86. The van der Waals surface area contributed by atoms with E-state index in [1.54, 1.807) is 6.92 Å². The summed E-state index contributed by atoms with van der Waals surface area (Å²) in [6, 6.07) is 0. The van der Waals surface area contributed by atoms with Gasteiger partial charge in [-0.15, -0.1) is 11.8 Å². The van der Waals surface area contributed by atoms with Crippen molar-refractivity contribution in [3.05, 3.63) is 11.0 Å². The number of hydrogen-bond donors (Lipinski definition) is 0. The van der Waals surface area contributed by atoms with E-state index < -0.39 is 11.1 Å². The predicted octanol–water partition coefficient (Wildman–Crippen LogP) is 4.77. The molecule has 0 nitrogen and oxygen atoms in total. The van der Waals surface area contributed by atoms with Crippen molar-refractivity contribution in [3.63, 3.8) is 0 Å². The molecule has 1 rings (SSSR count). The molecule has 0 bridgehead atoms. The summed E-state index contributed by atoms with van der Waals surface area (Å²) >= 11 is 0.913. The Kier molecular flexibility index (Phi) is 5.03. The van der Waals surface area contributed by atoms with Crippen molar-refractivity contribution in [1.29, 1.82) is 0 Å². The molecule has 0 aromatic rings. The van der Waals surface area contributed by atoms with Crippen LogP contribution in [-0.2, 0) is 0 Å².